The number of allylic oxidation sites excluding steroid dienone is 1. The quantitative estimate of drug-likeness (QED) is 0.0940. The summed E-state index contributed by atoms with van der Waals surface area (Å²) in [5, 5.41) is 24.7. The molecule has 0 atom stereocenters. The minimum absolute atomic E-state index is 0.0352. The van der Waals surface area contributed by atoms with Gasteiger partial charge in [-0.3, -0.25) is 9.59 Å². The number of carbonyl (C=O) groups excluding carboxylic acids is 2. The lowest BCUT2D eigenvalue weighted by molar-refractivity contribution is -0.117. The smallest absolute Gasteiger partial charge is 0.267 e. The third-order valence-corrected chi connectivity index (χ3v) is 7.39. The number of ketones is 1. The largest absolute Gasteiger partial charge is 0.377 e. The van der Waals surface area contributed by atoms with E-state index in [1.54, 1.807) is 12.1 Å². The van der Waals surface area contributed by atoms with Gasteiger partial charge < -0.3 is 16.0 Å². The first-order valence-corrected chi connectivity index (χ1v) is 15.9. The Hall–Kier alpha value is -4.24. The molecule has 0 radical (unpaired) electrons. The summed E-state index contributed by atoms with van der Waals surface area (Å²) in [5.74, 6) is -0.241. The fraction of sp³-hybridized carbons (Fsp3) is 0.421. The predicted molar refractivity (Wildman–Crippen MR) is 185 cm³/mol. The topological polar surface area (TPSA) is 106 Å². The number of carbonyl (C=O) groups is 2. The molecule has 236 valence electrons. The molecule has 0 bridgehead atoms. The zero-order valence-electron chi connectivity index (χ0n) is 28.3. The number of nitrogens with one attached hydrogen (secondary N) is 3. The Morgan fingerprint density at radius 1 is 0.955 bits per heavy atom. The molecule has 0 spiro atoms. The monoisotopic (exact) mass is 596 g/mol. The molecule has 0 unspecified atom stereocenters. The highest BCUT2D eigenvalue weighted by molar-refractivity contribution is 6.10. The average molecular weight is 597 g/mol. The number of aryl methyl sites for hydroxylation is 1. The number of benzene rings is 3. The number of rotatable bonds is 10. The molecule has 1 aliphatic rings. The molecule has 3 aromatic carbocycles. The number of nitriles is 1. The molecule has 4 rings (SSSR count). The Morgan fingerprint density at radius 3 is 2.16 bits per heavy atom. The van der Waals surface area contributed by atoms with Crippen molar-refractivity contribution in [1.29, 1.82) is 10.7 Å². The Labute approximate surface area is 265 Å². The molecule has 0 heterocycles. The lowest BCUT2D eigenvalue weighted by Crippen LogP contribution is -2.32. The first-order valence-electron chi connectivity index (χ1n) is 15.9. The van der Waals surface area contributed by atoms with Crippen LogP contribution in [-0.4, -0.2) is 23.9 Å². The van der Waals surface area contributed by atoms with Gasteiger partial charge in [0.1, 0.15) is 6.54 Å². The van der Waals surface area contributed by atoms with E-state index in [1.807, 2.05) is 72.7 Å². The summed E-state index contributed by atoms with van der Waals surface area (Å²) in [4.78, 5) is 23.9. The SMILES string of the molecule is CC.CC.CC(=N)c1cccc2c(C3(C)CC3)ccc(C)c12.CC/C=C(/NCc1ccccc1C(=O)CC)C(=O)NCC#N. The Morgan fingerprint density at radius 2 is 1.59 bits per heavy atom. The lowest BCUT2D eigenvalue weighted by atomic mass is 9.88. The van der Waals surface area contributed by atoms with E-state index in [2.05, 4.69) is 54.8 Å². The van der Waals surface area contributed by atoms with Crippen LogP contribution in [0, 0.1) is 23.7 Å². The van der Waals surface area contributed by atoms with Gasteiger partial charge >= 0.3 is 0 Å². The molecule has 0 saturated heterocycles. The van der Waals surface area contributed by atoms with Crippen molar-refractivity contribution in [3.05, 3.63) is 94.2 Å². The highest BCUT2D eigenvalue weighted by Crippen LogP contribution is 2.50. The maximum absolute atomic E-state index is 11.9. The highest BCUT2D eigenvalue weighted by Gasteiger charge is 2.40. The summed E-state index contributed by atoms with van der Waals surface area (Å²) >= 11 is 0. The van der Waals surface area contributed by atoms with Gasteiger partial charge in [0, 0.05) is 29.8 Å². The van der Waals surface area contributed by atoms with Gasteiger partial charge in [0.05, 0.1) is 11.8 Å². The molecule has 1 fully saturated rings. The maximum Gasteiger partial charge on any atom is 0.267 e. The summed E-state index contributed by atoms with van der Waals surface area (Å²) in [7, 11) is 0. The van der Waals surface area contributed by atoms with Crippen LogP contribution in [0.5, 0.6) is 0 Å². The molecule has 0 aliphatic heterocycles. The van der Waals surface area contributed by atoms with Gasteiger partial charge in [0.2, 0.25) is 0 Å². The Kier molecular flexibility index (Phi) is 16.4. The number of hydrogen-bond donors (Lipinski definition) is 3. The maximum atomic E-state index is 11.9. The molecular formula is C38H52N4O2. The third kappa shape index (κ3) is 10.2. The van der Waals surface area contributed by atoms with Crippen LogP contribution in [0.3, 0.4) is 0 Å². The first kappa shape index (κ1) is 37.8. The van der Waals surface area contributed by atoms with E-state index in [4.69, 9.17) is 10.7 Å². The zero-order valence-corrected chi connectivity index (χ0v) is 28.3. The first-order chi connectivity index (χ1) is 21.2. The summed E-state index contributed by atoms with van der Waals surface area (Å²) in [6.45, 7) is 18.5. The minimum Gasteiger partial charge on any atom is -0.377 e. The Bertz CT molecular complexity index is 1480. The number of Topliss-reactive ketones (excluding diaryl/α,β-unsaturated/α-hetero) is 1. The van der Waals surface area contributed by atoms with Crippen LogP contribution in [0.25, 0.3) is 10.8 Å². The number of nitrogens with zero attached hydrogens (tertiary/aromatic N) is 1. The van der Waals surface area contributed by atoms with Gasteiger partial charge in [-0.05, 0) is 66.0 Å². The number of hydrogen-bond acceptors (Lipinski definition) is 5. The average Bonchev–Trinajstić information content (AvgIpc) is 3.81. The second-order valence-electron chi connectivity index (χ2n) is 10.5. The van der Waals surface area contributed by atoms with E-state index < -0.39 is 0 Å². The molecule has 6 nitrogen and oxygen atoms in total. The molecule has 1 amide bonds. The van der Waals surface area contributed by atoms with Gasteiger partial charge in [0.25, 0.3) is 5.91 Å². The van der Waals surface area contributed by atoms with Crippen LogP contribution < -0.4 is 10.6 Å². The van der Waals surface area contributed by atoms with Gasteiger partial charge in [0.15, 0.2) is 5.78 Å². The lowest BCUT2D eigenvalue weighted by Gasteiger charge is -2.16. The van der Waals surface area contributed by atoms with Gasteiger partial charge in [-0.1, -0.05) is 109 Å². The summed E-state index contributed by atoms with van der Waals surface area (Å²) in [6, 6.07) is 20.1. The van der Waals surface area contributed by atoms with Crippen LogP contribution in [0.15, 0.2) is 66.4 Å². The highest BCUT2D eigenvalue weighted by atomic mass is 16.2. The van der Waals surface area contributed by atoms with E-state index in [9.17, 15) is 9.59 Å². The Balaban J connectivity index is 0.000000400. The van der Waals surface area contributed by atoms with Gasteiger partial charge in [-0.2, -0.15) is 5.26 Å². The van der Waals surface area contributed by atoms with Crippen molar-refractivity contribution in [2.45, 2.75) is 100.0 Å². The second kappa shape index (κ2) is 19.1. The van der Waals surface area contributed by atoms with Crippen LogP contribution in [0.4, 0.5) is 0 Å². The number of fused-ring (bicyclic) bond motifs is 1. The molecule has 1 saturated carbocycles. The molecule has 1 aliphatic carbocycles. The minimum atomic E-state index is -0.317. The molecular weight excluding hydrogens is 544 g/mol. The van der Waals surface area contributed by atoms with Crippen molar-refractivity contribution in [2.75, 3.05) is 6.54 Å². The van der Waals surface area contributed by atoms with E-state index >= 15 is 0 Å². The van der Waals surface area contributed by atoms with Crippen molar-refractivity contribution >= 4 is 28.2 Å². The number of amides is 1. The third-order valence-electron chi connectivity index (χ3n) is 7.39. The fourth-order valence-electron chi connectivity index (χ4n) is 4.87. The molecule has 0 aromatic heterocycles. The predicted octanol–water partition coefficient (Wildman–Crippen LogP) is 8.94. The van der Waals surface area contributed by atoms with Crippen LogP contribution in [0.2, 0.25) is 0 Å². The summed E-state index contributed by atoms with van der Waals surface area (Å²) < 4.78 is 0. The summed E-state index contributed by atoms with van der Waals surface area (Å²) in [5.41, 5.74) is 6.79. The van der Waals surface area contributed by atoms with Gasteiger partial charge in [-0.25, -0.2) is 0 Å². The van der Waals surface area contributed by atoms with E-state index in [0.29, 0.717) is 41.8 Å². The van der Waals surface area contributed by atoms with Crippen molar-refractivity contribution in [3.8, 4) is 6.07 Å². The standard InChI is InChI=1S/C17H21N3O2.C17H19N.2C2H6/c1-3-7-15(17(22)19-11-10-18)20-12-13-8-5-6-9-14(13)16(21)4-2;1-11-7-8-15(17(3)9-10-17)14-6-4-5-13(12(2)18)16(11)14;2*1-2/h5-9,20H,3-4,11-12H2,1-2H3,(H,19,22);4-8,18H,9-10H2,1-3H3;2*1-2H3/b15-7+;;;. The molecule has 3 N–H and O–H groups in total. The van der Waals surface area contributed by atoms with Crippen molar-refractivity contribution < 1.29 is 9.59 Å². The molecule has 44 heavy (non-hydrogen) atoms. The van der Waals surface area contributed by atoms with E-state index in [-0.39, 0.29) is 18.2 Å². The molecule has 6 heteroatoms. The van der Waals surface area contributed by atoms with E-state index in [1.165, 1.54) is 34.7 Å². The van der Waals surface area contributed by atoms with Gasteiger partial charge in [-0.15, -0.1) is 0 Å². The van der Waals surface area contributed by atoms with Crippen molar-refractivity contribution in [1.82, 2.24) is 10.6 Å². The summed E-state index contributed by atoms with van der Waals surface area (Å²) in [6.07, 6.45) is 5.48. The van der Waals surface area contributed by atoms with Crippen molar-refractivity contribution in [2.24, 2.45) is 0 Å². The van der Waals surface area contributed by atoms with Crippen LogP contribution >= 0.6 is 0 Å². The molecule has 3 aromatic rings. The van der Waals surface area contributed by atoms with E-state index in [0.717, 1.165) is 11.1 Å². The second-order valence-corrected chi connectivity index (χ2v) is 10.5. The fourth-order valence-corrected chi connectivity index (χ4v) is 4.87. The zero-order chi connectivity index (χ0) is 33.3. The normalized spacial score (nSPS) is 12.5. The van der Waals surface area contributed by atoms with Crippen molar-refractivity contribution in [3.63, 3.8) is 0 Å². The van der Waals surface area contributed by atoms with Crippen LogP contribution in [0.1, 0.15) is 114 Å². The van der Waals surface area contributed by atoms with Crippen LogP contribution in [-0.2, 0) is 16.8 Å².